The minimum absolute atomic E-state index is 0.0952. The van der Waals surface area contributed by atoms with E-state index in [0.29, 0.717) is 32.7 Å². The molecule has 1 saturated carbocycles. The summed E-state index contributed by atoms with van der Waals surface area (Å²) in [6.45, 7) is 3.05. The first-order valence-corrected chi connectivity index (χ1v) is 7.94. The molecule has 0 spiro atoms. The van der Waals surface area contributed by atoms with Crippen LogP contribution >= 0.6 is 0 Å². The van der Waals surface area contributed by atoms with Crippen molar-refractivity contribution in [3.05, 3.63) is 0 Å². The molecule has 2 rings (SSSR count). The zero-order valence-electron chi connectivity index (χ0n) is 13.3. The van der Waals surface area contributed by atoms with Crippen molar-refractivity contribution in [2.45, 2.75) is 31.7 Å². The van der Waals surface area contributed by atoms with Gasteiger partial charge in [0, 0.05) is 38.1 Å². The smallest absolute Gasteiger partial charge is 0.236 e. The summed E-state index contributed by atoms with van der Waals surface area (Å²) in [6, 6.07) is 0.177. The second kappa shape index (κ2) is 7.22. The SMILES string of the molecule is CN(C)CC(=O)N1CCN(C(=O)C2CCCC(N)C2)CC1. The molecular formula is C15H28N4O2. The molecule has 120 valence electrons. The van der Waals surface area contributed by atoms with E-state index in [1.54, 1.807) is 0 Å². The van der Waals surface area contributed by atoms with Crippen molar-refractivity contribution in [3.63, 3.8) is 0 Å². The lowest BCUT2D eigenvalue weighted by Gasteiger charge is -2.38. The van der Waals surface area contributed by atoms with Gasteiger partial charge in [-0.2, -0.15) is 0 Å². The number of nitrogens with two attached hydrogens (primary N) is 1. The molecule has 2 fully saturated rings. The minimum Gasteiger partial charge on any atom is -0.339 e. The number of nitrogens with zero attached hydrogens (tertiary/aromatic N) is 3. The van der Waals surface area contributed by atoms with E-state index in [1.165, 1.54) is 0 Å². The van der Waals surface area contributed by atoms with E-state index in [4.69, 9.17) is 5.73 Å². The Hall–Kier alpha value is -1.14. The third kappa shape index (κ3) is 4.41. The fourth-order valence-corrected chi connectivity index (χ4v) is 3.26. The molecule has 6 nitrogen and oxygen atoms in total. The predicted molar refractivity (Wildman–Crippen MR) is 81.6 cm³/mol. The monoisotopic (exact) mass is 296 g/mol. The van der Waals surface area contributed by atoms with Crippen LogP contribution in [0.5, 0.6) is 0 Å². The number of hydrogen-bond acceptors (Lipinski definition) is 4. The van der Waals surface area contributed by atoms with Crippen LogP contribution in [0.4, 0.5) is 0 Å². The molecule has 0 bridgehead atoms. The highest BCUT2D eigenvalue weighted by Crippen LogP contribution is 2.25. The van der Waals surface area contributed by atoms with Crippen molar-refractivity contribution in [2.24, 2.45) is 11.7 Å². The Morgan fingerprint density at radius 3 is 2.29 bits per heavy atom. The predicted octanol–water partition coefficient (Wildman–Crippen LogP) is -0.264. The van der Waals surface area contributed by atoms with Crippen LogP contribution in [0.1, 0.15) is 25.7 Å². The van der Waals surface area contributed by atoms with Gasteiger partial charge < -0.3 is 20.4 Å². The van der Waals surface area contributed by atoms with E-state index in [2.05, 4.69) is 0 Å². The first-order valence-electron chi connectivity index (χ1n) is 7.94. The van der Waals surface area contributed by atoms with Crippen LogP contribution in [-0.2, 0) is 9.59 Å². The van der Waals surface area contributed by atoms with Crippen LogP contribution in [0.15, 0.2) is 0 Å². The summed E-state index contributed by atoms with van der Waals surface area (Å²) >= 11 is 0. The van der Waals surface area contributed by atoms with Gasteiger partial charge in [0.25, 0.3) is 0 Å². The molecule has 0 aromatic heterocycles. The summed E-state index contributed by atoms with van der Waals surface area (Å²) in [5.41, 5.74) is 5.97. The van der Waals surface area contributed by atoms with Crippen molar-refractivity contribution in [2.75, 3.05) is 46.8 Å². The Balaban J connectivity index is 1.80. The van der Waals surface area contributed by atoms with Crippen LogP contribution in [-0.4, -0.2) is 79.4 Å². The van der Waals surface area contributed by atoms with Gasteiger partial charge in [-0.1, -0.05) is 6.42 Å². The van der Waals surface area contributed by atoms with Gasteiger partial charge in [0.2, 0.25) is 11.8 Å². The van der Waals surface area contributed by atoms with Gasteiger partial charge in [-0.15, -0.1) is 0 Å². The molecule has 21 heavy (non-hydrogen) atoms. The number of rotatable bonds is 3. The number of likely N-dealkylation sites (N-methyl/N-ethyl adjacent to an activating group) is 1. The van der Waals surface area contributed by atoms with E-state index >= 15 is 0 Å². The third-order valence-electron chi connectivity index (χ3n) is 4.46. The van der Waals surface area contributed by atoms with Gasteiger partial charge in [0.15, 0.2) is 0 Å². The van der Waals surface area contributed by atoms with Crippen LogP contribution in [0, 0.1) is 5.92 Å². The number of piperazine rings is 1. The number of amides is 2. The van der Waals surface area contributed by atoms with Crippen molar-refractivity contribution in [3.8, 4) is 0 Å². The van der Waals surface area contributed by atoms with Crippen molar-refractivity contribution in [1.29, 1.82) is 0 Å². The summed E-state index contributed by atoms with van der Waals surface area (Å²) < 4.78 is 0. The lowest BCUT2D eigenvalue weighted by Crippen LogP contribution is -2.53. The maximum Gasteiger partial charge on any atom is 0.236 e. The van der Waals surface area contributed by atoms with E-state index in [1.807, 2.05) is 28.8 Å². The topological polar surface area (TPSA) is 69.9 Å². The molecule has 1 aliphatic carbocycles. The summed E-state index contributed by atoms with van der Waals surface area (Å²) in [5.74, 6) is 0.481. The number of carbonyl (C=O) groups is 2. The summed E-state index contributed by atoms with van der Waals surface area (Å²) in [6.07, 6.45) is 3.88. The molecule has 2 amide bonds. The molecule has 0 aromatic rings. The molecule has 0 radical (unpaired) electrons. The second-order valence-corrected chi connectivity index (χ2v) is 6.57. The van der Waals surface area contributed by atoms with E-state index in [-0.39, 0.29) is 23.8 Å². The van der Waals surface area contributed by atoms with Crippen LogP contribution < -0.4 is 5.73 Å². The highest BCUT2D eigenvalue weighted by atomic mass is 16.2. The van der Waals surface area contributed by atoms with Crippen molar-refractivity contribution in [1.82, 2.24) is 14.7 Å². The molecule has 1 aliphatic heterocycles. The Morgan fingerprint density at radius 2 is 1.71 bits per heavy atom. The fourth-order valence-electron chi connectivity index (χ4n) is 3.26. The Labute approximate surface area is 127 Å². The maximum atomic E-state index is 12.5. The van der Waals surface area contributed by atoms with Gasteiger partial charge in [0.1, 0.15) is 0 Å². The maximum absolute atomic E-state index is 12.5. The van der Waals surface area contributed by atoms with E-state index in [9.17, 15) is 9.59 Å². The Kier molecular flexibility index (Phi) is 5.58. The second-order valence-electron chi connectivity index (χ2n) is 6.57. The number of carbonyl (C=O) groups excluding carboxylic acids is 2. The molecule has 6 heteroatoms. The van der Waals surface area contributed by atoms with Gasteiger partial charge in [-0.3, -0.25) is 9.59 Å². The first kappa shape index (κ1) is 16.2. The summed E-state index contributed by atoms with van der Waals surface area (Å²) in [5, 5.41) is 0. The zero-order chi connectivity index (χ0) is 15.4. The molecule has 2 aliphatic rings. The molecule has 1 heterocycles. The third-order valence-corrected chi connectivity index (χ3v) is 4.46. The molecule has 1 saturated heterocycles. The Morgan fingerprint density at radius 1 is 1.10 bits per heavy atom. The molecule has 0 aromatic carbocycles. The highest BCUT2D eigenvalue weighted by molar-refractivity contribution is 5.81. The average molecular weight is 296 g/mol. The quantitative estimate of drug-likeness (QED) is 0.779. The standard InChI is InChI=1S/C15H28N4O2/c1-17(2)11-14(20)18-6-8-19(9-7-18)15(21)12-4-3-5-13(16)10-12/h12-13H,3-11,16H2,1-2H3. The van der Waals surface area contributed by atoms with Crippen molar-refractivity contribution < 1.29 is 9.59 Å². The average Bonchev–Trinajstić information content (AvgIpc) is 2.46. The first-order chi connectivity index (χ1) is 9.97. The van der Waals surface area contributed by atoms with Gasteiger partial charge in [-0.25, -0.2) is 0 Å². The fraction of sp³-hybridized carbons (Fsp3) is 0.867. The number of hydrogen-bond donors (Lipinski definition) is 1. The lowest BCUT2D eigenvalue weighted by molar-refractivity contribution is -0.143. The van der Waals surface area contributed by atoms with Crippen molar-refractivity contribution >= 4 is 11.8 Å². The van der Waals surface area contributed by atoms with Crippen LogP contribution in [0.3, 0.4) is 0 Å². The van der Waals surface area contributed by atoms with E-state index in [0.717, 1.165) is 25.7 Å². The van der Waals surface area contributed by atoms with Gasteiger partial charge in [-0.05, 0) is 33.4 Å². The normalized spacial score (nSPS) is 27.0. The largest absolute Gasteiger partial charge is 0.339 e. The summed E-state index contributed by atoms with van der Waals surface area (Å²) in [7, 11) is 3.79. The summed E-state index contributed by atoms with van der Waals surface area (Å²) in [4.78, 5) is 30.2. The molecule has 2 N–H and O–H groups in total. The molecule has 2 unspecified atom stereocenters. The minimum atomic E-state index is 0.0952. The molecular weight excluding hydrogens is 268 g/mol. The molecule has 2 atom stereocenters. The Bertz CT molecular complexity index is 378. The van der Waals surface area contributed by atoms with Crippen LogP contribution in [0.2, 0.25) is 0 Å². The van der Waals surface area contributed by atoms with Gasteiger partial charge in [0.05, 0.1) is 6.54 Å². The lowest BCUT2D eigenvalue weighted by atomic mass is 9.85. The highest BCUT2D eigenvalue weighted by Gasteiger charge is 2.31. The van der Waals surface area contributed by atoms with Crippen LogP contribution in [0.25, 0.3) is 0 Å². The van der Waals surface area contributed by atoms with E-state index < -0.39 is 0 Å². The van der Waals surface area contributed by atoms with Gasteiger partial charge >= 0.3 is 0 Å². The zero-order valence-corrected chi connectivity index (χ0v) is 13.3.